The maximum atomic E-state index is 13.0. The summed E-state index contributed by atoms with van der Waals surface area (Å²) in [5.41, 5.74) is 1.68. The van der Waals surface area contributed by atoms with Crippen LogP contribution in [0.15, 0.2) is 77.7 Å². The number of nitrogens with one attached hydrogen (secondary N) is 1. The molecule has 11 heteroatoms. The maximum Gasteiger partial charge on any atom is 0.294 e. The number of nitro benzene ring substituents is 1. The highest BCUT2D eigenvalue weighted by atomic mass is 32.2. The Balaban J connectivity index is 1.38. The molecule has 1 fully saturated rings. The summed E-state index contributed by atoms with van der Waals surface area (Å²) in [6, 6.07) is 17.9. The molecular weight excluding hydrogens is 489 g/mol. The van der Waals surface area contributed by atoms with Gasteiger partial charge in [-0.15, -0.1) is 0 Å². The van der Waals surface area contributed by atoms with Gasteiger partial charge in [0.15, 0.2) is 0 Å². The number of hydrogen-bond acceptors (Lipinski definition) is 7. The minimum absolute atomic E-state index is 0.0115. The van der Waals surface area contributed by atoms with E-state index in [9.17, 15) is 28.9 Å². The van der Waals surface area contributed by atoms with Crippen LogP contribution in [-0.4, -0.2) is 33.4 Å². The second kappa shape index (κ2) is 10.8. The van der Waals surface area contributed by atoms with E-state index in [1.54, 1.807) is 36.4 Å². The minimum atomic E-state index is -0.601. The summed E-state index contributed by atoms with van der Waals surface area (Å²) < 4.78 is 18.8. The molecule has 0 saturated carbocycles. The van der Waals surface area contributed by atoms with E-state index in [2.05, 4.69) is 5.32 Å². The first kappa shape index (κ1) is 24.6. The highest BCUT2D eigenvalue weighted by Gasteiger charge is 2.36. The number of ether oxygens (including phenoxy) is 1. The lowest BCUT2D eigenvalue weighted by Gasteiger charge is -2.12. The number of anilines is 1. The SMILES string of the molecule is O=C(CN1C(=O)S/C(=C/c2cccc(OCc3ccc([N+](=O)[O-])cc3)c2)C1=O)Nc1ccc(F)cc1. The molecule has 1 N–H and O–H groups in total. The molecule has 1 aliphatic heterocycles. The molecule has 36 heavy (non-hydrogen) atoms. The second-order valence-corrected chi connectivity index (χ2v) is 8.60. The third kappa shape index (κ3) is 6.13. The zero-order valence-electron chi connectivity index (χ0n) is 18.5. The molecule has 182 valence electrons. The van der Waals surface area contributed by atoms with Gasteiger partial charge in [-0.3, -0.25) is 29.4 Å². The van der Waals surface area contributed by atoms with Crippen molar-refractivity contribution in [2.24, 2.45) is 0 Å². The van der Waals surface area contributed by atoms with E-state index in [1.165, 1.54) is 42.5 Å². The molecule has 0 aromatic heterocycles. The number of carbonyl (C=O) groups is 3. The third-order valence-electron chi connectivity index (χ3n) is 5.01. The predicted molar refractivity (Wildman–Crippen MR) is 132 cm³/mol. The summed E-state index contributed by atoms with van der Waals surface area (Å²) in [5, 5.41) is 12.7. The number of carbonyl (C=O) groups excluding carboxylic acids is 3. The highest BCUT2D eigenvalue weighted by molar-refractivity contribution is 8.18. The summed E-state index contributed by atoms with van der Waals surface area (Å²) in [7, 11) is 0. The first-order valence-electron chi connectivity index (χ1n) is 10.6. The van der Waals surface area contributed by atoms with E-state index in [1.807, 2.05) is 0 Å². The number of imide groups is 1. The number of rotatable bonds is 8. The fourth-order valence-corrected chi connectivity index (χ4v) is 4.08. The Labute approximate surface area is 208 Å². The topological polar surface area (TPSA) is 119 Å². The lowest BCUT2D eigenvalue weighted by atomic mass is 10.2. The Morgan fingerprint density at radius 1 is 1.08 bits per heavy atom. The molecule has 0 radical (unpaired) electrons. The Kier molecular flexibility index (Phi) is 7.40. The van der Waals surface area contributed by atoms with Gasteiger partial charge >= 0.3 is 0 Å². The van der Waals surface area contributed by atoms with Crippen LogP contribution < -0.4 is 10.1 Å². The number of thioether (sulfide) groups is 1. The molecule has 9 nitrogen and oxygen atoms in total. The van der Waals surface area contributed by atoms with E-state index in [0.717, 1.165) is 22.2 Å². The van der Waals surface area contributed by atoms with E-state index in [4.69, 9.17) is 4.74 Å². The van der Waals surface area contributed by atoms with Crippen molar-refractivity contribution in [1.82, 2.24) is 4.90 Å². The van der Waals surface area contributed by atoms with Crippen LogP contribution >= 0.6 is 11.8 Å². The molecular formula is C25H18FN3O6S. The highest BCUT2D eigenvalue weighted by Crippen LogP contribution is 2.32. The number of halogens is 1. The molecule has 3 aromatic rings. The second-order valence-electron chi connectivity index (χ2n) is 7.61. The molecule has 0 spiro atoms. The van der Waals surface area contributed by atoms with Crippen molar-refractivity contribution in [1.29, 1.82) is 0 Å². The fourth-order valence-electron chi connectivity index (χ4n) is 3.24. The van der Waals surface area contributed by atoms with E-state index < -0.39 is 34.3 Å². The van der Waals surface area contributed by atoms with Crippen molar-refractivity contribution < 1.29 is 28.4 Å². The van der Waals surface area contributed by atoms with Gasteiger partial charge in [-0.1, -0.05) is 12.1 Å². The Hall–Kier alpha value is -4.51. The summed E-state index contributed by atoms with van der Waals surface area (Å²) in [6.45, 7) is -0.293. The standard InChI is InChI=1S/C25H18FN3O6S/c26-18-6-8-19(9-7-18)27-23(30)14-28-24(31)22(36-25(28)32)13-17-2-1-3-21(12-17)35-15-16-4-10-20(11-5-16)29(33)34/h1-13H,14-15H2,(H,27,30)/b22-13+. The lowest BCUT2D eigenvalue weighted by Crippen LogP contribution is -2.36. The monoisotopic (exact) mass is 507 g/mol. The Bertz CT molecular complexity index is 1360. The van der Waals surface area contributed by atoms with Crippen molar-refractivity contribution >= 4 is 46.3 Å². The zero-order chi connectivity index (χ0) is 25.7. The van der Waals surface area contributed by atoms with Crippen molar-refractivity contribution in [3.05, 3.63) is 105 Å². The fraction of sp³-hybridized carbons (Fsp3) is 0.0800. The number of hydrogen-bond donors (Lipinski definition) is 1. The molecule has 1 saturated heterocycles. The van der Waals surface area contributed by atoms with Crippen LogP contribution in [0.25, 0.3) is 6.08 Å². The average Bonchev–Trinajstić information content (AvgIpc) is 3.12. The Morgan fingerprint density at radius 2 is 1.81 bits per heavy atom. The molecule has 3 amide bonds. The van der Waals surface area contributed by atoms with Gasteiger partial charge in [-0.25, -0.2) is 4.39 Å². The van der Waals surface area contributed by atoms with Crippen LogP contribution in [0.4, 0.5) is 20.6 Å². The molecule has 0 bridgehead atoms. The zero-order valence-corrected chi connectivity index (χ0v) is 19.4. The molecule has 3 aromatic carbocycles. The molecule has 0 unspecified atom stereocenters. The van der Waals surface area contributed by atoms with Gasteiger partial charge in [0, 0.05) is 17.8 Å². The van der Waals surface area contributed by atoms with Crippen molar-refractivity contribution in [2.75, 3.05) is 11.9 Å². The first-order chi connectivity index (χ1) is 17.3. The maximum absolute atomic E-state index is 13.0. The summed E-state index contributed by atoms with van der Waals surface area (Å²) in [6.07, 6.45) is 1.53. The normalized spacial score (nSPS) is 14.2. The number of amides is 3. The molecule has 0 atom stereocenters. The summed E-state index contributed by atoms with van der Waals surface area (Å²) >= 11 is 0.720. The number of benzene rings is 3. The average molecular weight is 507 g/mol. The van der Waals surface area contributed by atoms with Crippen molar-refractivity contribution in [3.8, 4) is 5.75 Å². The molecule has 0 aliphatic carbocycles. The summed E-state index contributed by atoms with van der Waals surface area (Å²) in [5.74, 6) is -1.15. The predicted octanol–water partition coefficient (Wildman–Crippen LogP) is 4.99. The lowest BCUT2D eigenvalue weighted by molar-refractivity contribution is -0.384. The van der Waals surface area contributed by atoms with E-state index in [0.29, 0.717) is 17.0 Å². The third-order valence-corrected chi connectivity index (χ3v) is 5.92. The van der Waals surface area contributed by atoms with Crippen LogP contribution in [0, 0.1) is 15.9 Å². The van der Waals surface area contributed by atoms with Crippen LogP contribution in [0.3, 0.4) is 0 Å². The quantitative estimate of drug-likeness (QED) is 0.259. The smallest absolute Gasteiger partial charge is 0.294 e. The van der Waals surface area contributed by atoms with E-state index in [-0.39, 0.29) is 17.2 Å². The van der Waals surface area contributed by atoms with Crippen LogP contribution in [-0.2, 0) is 16.2 Å². The van der Waals surface area contributed by atoms with E-state index >= 15 is 0 Å². The molecule has 1 aliphatic rings. The van der Waals surface area contributed by atoms with Gasteiger partial charge in [0.25, 0.3) is 16.8 Å². The van der Waals surface area contributed by atoms with Gasteiger partial charge in [-0.2, -0.15) is 0 Å². The van der Waals surface area contributed by atoms with Gasteiger partial charge in [-0.05, 0) is 77.5 Å². The largest absolute Gasteiger partial charge is 0.489 e. The molecule has 4 rings (SSSR count). The van der Waals surface area contributed by atoms with Gasteiger partial charge < -0.3 is 10.1 Å². The van der Waals surface area contributed by atoms with Gasteiger partial charge in [0.05, 0.1) is 9.83 Å². The van der Waals surface area contributed by atoms with Crippen LogP contribution in [0.2, 0.25) is 0 Å². The van der Waals surface area contributed by atoms with Gasteiger partial charge in [0.1, 0.15) is 24.7 Å². The van der Waals surface area contributed by atoms with Gasteiger partial charge in [0.2, 0.25) is 5.91 Å². The van der Waals surface area contributed by atoms with Crippen molar-refractivity contribution in [3.63, 3.8) is 0 Å². The first-order valence-corrected chi connectivity index (χ1v) is 11.4. The number of nitrogens with zero attached hydrogens (tertiary/aromatic N) is 2. The Morgan fingerprint density at radius 3 is 2.50 bits per heavy atom. The van der Waals surface area contributed by atoms with Crippen molar-refractivity contribution in [2.45, 2.75) is 6.61 Å². The number of non-ortho nitro benzene ring substituents is 1. The minimum Gasteiger partial charge on any atom is -0.489 e. The molecule has 1 heterocycles. The van der Waals surface area contributed by atoms with Crippen LogP contribution in [0.5, 0.6) is 5.75 Å². The summed E-state index contributed by atoms with van der Waals surface area (Å²) in [4.78, 5) is 48.6. The number of nitro groups is 1. The van der Waals surface area contributed by atoms with Crippen LogP contribution in [0.1, 0.15) is 11.1 Å².